The zero-order valence-corrected chi connectivity index (χ0v) is 22.3. The highest BCUT2D eigenvalue weighted by Crippen LogP contribution is 2.46. The number of aliphatic hydroxyl groups is 1. The average Bonchev–Trinajstić information content (AvgIpc) is 2.99. The topological polar surface area (TPSA) is 86.7 Å². The second kappa shape index (κ2) is 12.1. The zero-order valence-electron chi connectivity index (χ0n) is 22.3. The number of carbonyl (C=O) groups is 1. The van der Waals surface area contributed by atoms with E-state index in [0.29, 0.717) is 60.1 Å². The smallest absolute Gasteiger partial charge is 0.410 e. The molecule has 0 radical (unpaired) electrons. The van der Waals surface area contributed by atoms with Gasteiger partial charge >= 0.3 is 6.09 Å². The second-order valence-electron chi connectivity index (χ2n) is 9.21. The Morgan fingerprint density at radius 1 is 0.789 bits per heavy atom. The van der Waals surface area contributed by atoms with Gasteiger partial charge in [0.15, 0.2) is 23.0 Å². The van der Waals surface area contributed by atoms with E-state index in [-0.39, 0.29) is 18.6 Å². The van der Waals surface area contributed by atoms with Crippen LogP contribution >= 0.6 is 0 Å². The number of hydrogen-bond donors (Lipinski definition) is 1. The summed E-state index contributed by atoms with van der Waals surface area (Å²) < 4.78 is 27.4. The number of amides is 1. The molecule has 0 atom stereocenters. The average molecular weight is 522 g/mol. The highest BCUT2D eigenvalue weighted by atomic mass is 16.6. The van der Waals surface area contributed by atoms with Gasteiger partial charge in [0, 0.05) is 13.1 Å². The second-order valence-corrected chi connectivity index (χ2v) is 9.21. The van der Waals surface area contributed by atoms with Crippen molar-refractivity contribution in [2.24, 2.45) is 5.92 Å². The van der Waals surface area contributed by atoms with Crippen LogP contribution in [-0.4, -0.2) is 57.6 Å². The van der Waals surface area contributed by atoms with Gasteiger partial charge in [0.25, 0.3) is 0 Å². The Bertz CT molecular complexity index is 1170. The van der Waals surface area contributed by atoms with Crippen LogP contribution in [0.25, 0.3) is 0 Å². The van der Waals surface area contributed by atoms with Crippen LogP contribution in [0.4, 0.5) is 4.79 Å². The highest BCUT2D eigenvalue weighted by Gasteiger charge is 2.43. The fourth-order valence-electron chi connectivity index (χ4n) is 5.08. The van der Waals surface area contributed by atoms with Crippen molar-refractivity contribution in [3.8, 4) is 23.0 Å². The molecule has 202 valence electrons. The first kappa shape index (κ1) is 27.1. The number of likely N-dealkylation sites (tertiary alicyclic amines) is 1. The first-order valence-corrected chi connectivity index (χ1v) is 12.6. The van der Waals surface area contributed by atoms with Crippen molar-refractivity contribution < 1.29 is 33.6 Å². The van der Waals surface area contributed by atoms with E-state index in [4.69, 9.17) is 23.7 Å². The fourth-order valence-corrected chi connectivity index (χ4v) is 5.08. The molecule has 0 aromatic heterocycles. The molecular formula is C30H35NO7. The van der Waals surface area contributed by atoms with Gasteiger partial charge in [-0.1, -0.05) is 42.5 Å². The lowest BCUT2D eigenvalue weighted by Gasteiger charge is -2.42. The molecule has 1 saturated heterocycles. The number of benzene rings is 3. The molecule has 1 fully saturated rings. The SMILES string of the molecule is COc1ccc(C(O)(c2ccc(OC)c(OC)c2)C2CCN(C(=O)OCc3ccccc3)CC2)cc1OC. The molecule has 1 aliphatic heterocycles. The zero-order chi connectivity index (χ0) is 27.1. The lowest BCUT2D eigenvalue weighted by Crippen LogP contribution is -2.46. The van der Waals surface area contributed by atoms with E-state index < -0.39 is 5.60 Å². The van der Waals surface area contributed by atoms with Crippen molar-refractivity contribution in [2.75, 3.05) is 41.5 Å². The summed E-state index contributed by atoms with van der Waals surface area (Å²) in [6.45, 7) is 1.14. The maximum absolute atomic E-state index is 12.8. The summed E-state index contributed by atoms with van der Waals surface area (Å²) in [6.07, 6.45) is 0.785. The van der Waals surface area contributed by atoms with Crippen LogP contribution in [0.2, 0.25) is 0 Å². The Kier molecular flexibility index (Phi) is 8.63. The molecule has 1 aliphatic rings. The van der Waals surface area contributed by atoms with Crippen LogP contribution in [-0.2, 0) is 16.9 Å². The number of piperidine rings is 1. The Balaban J connectivity index is 1.60. The van der Waals surface area contributed by atoms with E-state index in [1.165, 1.54) is 0 Å². The number of methoxy groups -OCH3 is 4. The minimum atomic E-state index is -1.39. The summed E-state index contributed by atoms with van der Waals surface area (Å²) in [5.41, 5.74) is 0.867. The Hall–Kier alpha value is -3.91. The third kappa shape index (κ3) is 5.50. The maximum atomic E-state index is 12.8. The fraction of sp³-hybridized carbons (Fsp3) is 0.367. The van der Waals surface area contributed by atoms with Gasteiger partial charge in [-0.05, 0) is 59.7 Å². The molecule has 1 heterocycles. The number of hydrogen-bond acceptors (Lipinski definition) is 7. The number of rotatable bonds is 9. The van der Waals surface area contributed by atoms with Gasteiger partial charge in [0.2, 0.25) is 0 Å². The standard InChI is InChI=1S/C30H35NO7/c1-34-25-12-10-23(18-27(25)36-3)30(33,24-11-13-26(35-2)28(19-24)37-4)22-14-16-31(17-15-22)29(32)38-20-21-8-6-5-7-9-21/h5-13,18-19,22,33H,14-17,20H2,1-4H3. The summed E-state index contributed by atoms with van der Waals surface area (Å²) in [5, 5.41) is 12.5. The van der Waals surface area contributed by atoms with Gasteiger partial charge in [-0.25, -0.2) is 4.79 Å². The molecule has 38 heavy (non-hydrogen) atoms. The summed E-state index contributed by atoms with van der Waals surface area (Å²) in [7, 11) is 6.28. The molecular weight excluding hydrogens is 486 g/mol. The number of carbonyl (C=O) groups excluding carboxylic acids is 1. The third-order valence-electron chi connectivity index (χ3n) is 7.20. The summed E-state index contributed by atoms with van der Waals surface area (Å²) in [5.74, 6) is 1.98. The monoisotopic (exact) mass is 521 g/mol. The van der Waals surface area contributed by atoms with Crippen molar-refractivity contribution >= 4 is 6.09 Å². The summed E-state index contributed by atoms with van der Waals surface area (Å²) >= 11 is 0. The molecule has 0 bridgehead atoms. The van der Waals surface area contributed by atoms with Gasteiger partial charge in [-0.2, -0.15) is 0 Å². The van der Waals surface area contributed by atoms with Gasteiger partial charge in [-0.3, -0.25) is 0 Å². The van der Waals surface area contributed by atoms with Crippen molar-refractivity contribution in [2.45, 2.75) is 25.0 Å². The quantitative estimate of drug-likeness (QED) is 0.424. The lowest BCUT2D eigenvalue weighted by molar-refractivity contribution is -0.0152. The van der Waals surface area contributed by atoms with Gasteiger partial charge in [0.1, 0.15) is 12.2 Å². The van der Waals surface area contributed by atoms with Crippen molar-refractivity contribution in [1.82, 2.24) is 4.90 Å². The van der Waals surface area contributed by atoms with Crippen molar-refractivity contribution in [1.29, 1.82) is 0 Å². The highest BCUT2D eigenvalue weighted by molar-refractivity contribution is 5.67. The molecule has 8 nitrogen and oxygen atoms in total. The minimum Gasteiger partial charge on any atom is -0.493 e. The van der Waals surface area contributed by atoms with Crippen LogP contribution in [0.15, 0.2) is 66.7 Å². The van der Waals surface area contributed by atoms with E-state index >= 15 is 0 Å². The largest absolute Gasteiger partial charge is 0.493 e. The van der Waals surface area contributed by atoms with E-state index in [1.807, 2.05) is 42.5 Å². The van der Waals surface area contributed by atoms with Crippen LogP contribution in [0.5, 0.6) is 23.0 Å². The Morgan fingerprint density at radius 2 is 1.29 bits per heavy atom. The molecule has 8 heteroatoms. The van der Waals surface area contributed by atoms with E-state index in [9.17, 15) is 9.90 Å². The van der Waals surface area contributed by atoms with Crippen LogP contribution in [0.1, 0.15) is 29.5 Å². The van der Waals surface area contributed by atoms with Crippen molar-refractivity contribution in [3.63, 3.8) is 0 Å². The molecule has 0 aliphatic carbocycles. The molecule has 4 rings (SSSR count). The predicted molar refractivity (Wildman–Crippen MR) is 143 cm³/mol. The molecule has 0 spiro atoms. The maximum Gasteiger partial charge on any atom is 0.410 e. The molecule has 3 aromatic carbocycles. The van der Waals surface area contributed by atoms with E-state index in [1.54, 1.807) is 57.6 Å². The first-order valence-electron chi connectivity index (χ1n) is 12.6. The van der Waals surface area contributed by atoms with Crippen molar-refractivity contribution in [3.05, 3.63) is 83.4 Å². The normalized spacial score (nSPS) is 14.1. The molecule has 1 N–H and O–H groups in total. The van der Waals surface area contributed by atoms with Gasteiger partial charge in [-0.15, -0.1) is 0 Å². The van der Waals surface area contributed by atoms with E-state index in [0.717, 1.165) is 5.56 Å². The molecule has 0 unspecified atom stereocenters. The van der Waals surface area contributed by atoms with Gasteiger partial charge in [0.05, 0.1) is 28.4 Å². The first-order chi connectivity index (χ1) is 18.4. The van der Waals surface area contributed by atoms with Crippen LogP contribution < -0.4 is 18.9 Å². The minimum absolute atomic E-state index is 0.197. The summed E-state index contributed by atoms with van der Waals surface area (Å²) in [4.78, 5) is 14.5. The number of ether oxygens (including phenoxy) is 5. The molecule has 1 amide bonds. The van der Waals surface area contributed by atoms with Crippen LogP contribution in [0, 0.1) is 5.92 Å². The molecule has 3 aromatic rings. The lowest BCUT2D eigenvalue weighted by atomic mass is 9.72. The van der Waals surface area contributed by atoms with E-state index in [2.05, 4.69) is 0 Å². The predicted octanol–water partition coefficient (Wildman–Crippen LogP) is 5.01. The Morgan fingerprint density at radius 3 is 1.76 bits per heavy atom. The van der Waals surface area contributed by atoms with Gasteiger partial charge < -0.3 is 33.7 Å². The van der Waals surface area contributed by atoms with Crippen LogP contribution in [0.3, 0.4) is 0 Å². The summed E-state index contributed by atoms with van der Waals surface area (Å²) in [6, 6.07) is 20.5. The third-order valence-corrected chi connectivity index (χ3v) is 7.20. The molecule has 0 saturated carbocycles. The number of nitrogens with zero attached hydrogens (tertiary/aromatic N) is 1. The Labute approximate surface area is 223 Å².